The minimum atomic E-state index is -3.21. The fourth-order valence-corrected chi connectivity index (χ4v) is 10.3. The SMILES string of the molecule is C=CCN(C)[C@H]1C[C@@H](C)O[C@@](C)(O[C@@H]2[C@@H](C)C(=O)[C@](C)(F)C(=O)O[C@H](CC)[C@@]3(C)OC(=O)N(NCCCn4cnc(-c5ccsc5)c4)[C@@H]3[C@@H](C)C(=O)[C@H](C)C[C@@]2(C)OC)[C@@H]1O. The van der Waals surface area contributed by atoms with Crippen LogP contribution in [0.5, 0.6) is 0 Å². The van der Waals surface area contributed by atoms with E-state index in [-0.39, 0.29) is 18.6 Å². The standard InChI is InChI=1S/C44H66FN5O10S/c1-13-18-48(11)32-21-27(4)58-44(10,37(32)53)59-38-29(6)36(52)42(8,45)39(54)57-33(14-2)43(9)35(28(5)34(51)26(3)22-41(38,7)56-12)50(40(55)60-43)47-17-15-19-49-23-31(46-25-49)30-16-20-61-24-30/h13,16,20,23-29,32-33,35,37-38,47,53H,1,14-15,17-19,21-22H2,2-12H3/t26-,27-,28+,29+,32+,33-,35-,37-,38-,41-,42+,43-,44+/m1/s1. The summed E-state index contributed by atoms with van der Waals surface area (Å²) in [5.74, 6) is -7.77. The number of ether oxygens (including phenoxy) is 5. The van der Waals surface area contributed by atoms with Crippen LogP contribution in [-0.2, 0) is 44.6 Å². The van der Waals surface area contributed by atoms with Crippen molar-refractivity contribution in [3.63, 3.8) is 0 Å². The molecular weight excluding hydrogens is 810 g/mol. The molecule has 0 saturated carbocycles. The molecule has 3 fully saturated rings. The molecule has 13 atom stereocenters. The van der Waals surface area contributed by atoms with Crippen molar-refractivity contribution in [2.24, 2.45) is 17.8 Å². The average molecular weight is 876 g/mol. The molecule has 340 valence electrons. The van der Waals surface area contributed by atoms with E-state index in [1.165, 1.54) is 19.0 Å². The van der Waals surface area contributed by atoms with Crippen molar-refractivity contribution in [2.45, 2.75) is 154 Å². The third-order valence-corrected chi connectivity index (χ3v) is 13.8. The number of aryl methyl sites for hydroxylation is 1. The van der Waals surface area contributed by atoms with E-state index in [9.17, 15) is 24.3 Å². The highest BCUT2D eigenvalue weighted by atomic mass is 32.1. The number of cyclic esters (lactones) is 1. The van der Waals surface area contributed by atoms with Crippen LogP contribution in [-0.4, -0.2) is 135 Å². The third-order valence-electron chi connectivity index (χ3n) is 13.1. The average Bonchev–Trinajstić information content (AvgIpc) is 3.97. The van der Waals surface area contributed by atoms with Crippen LogP contribution in [0.15, 0.2) is 42.0 Å². The number of thiophene rings is 1. The number of amides is 1. The highest BCUT2D eigenvalue weighted by Crippen LogP contribution is 2.44. The second-order valence-corrected chi connectivity index (χ2v) is 18.6. The first-order valence-corrected chi connectivity index (χ1v) is 22.2. The molecule has 5 heterocycles. The molecule has 2 N–H and O–H groups in total. The zero-order valence-corrected chi connectivity index (χ0v) is 38.3. The monoisotopic (exact) mass is 875 g/mol. The summed E-state index contributed by atoms with van der Waals surface area (Å²) >= 11 is 1.59. The quantitative estimate of drug-likeness (QED) is 0.108. The third kappa shape index (κ3) is 9.67. The lowest BCUT2D eigenvalue weighted by Gasteiger charge is -2.52. The van der Waals surface area contributed by atoms with Crippen LogP contribution in [0.25, 0.3) is 11.3 Å². The number of alkyl halides is 1. The van der Waals surface area contributed by atoms with Gasteiger partial charge in [-0.15, -0.1) is 6.58 Å². The van der Waals surface area contributed by atoms with Gasteiger partial charge in [0.15, 0.2) is 17.2 Å². The van der Waals surface area contributed by atoms with E-state index < -0.39 is 94.8 Å². The molecule has 0 aromatic carbocycles. The normalized spacial score (nSPS) is 37.9. The molecule has 0 aliphatic carbocycles. The highest BCUT2D eigenvalue weighted by molar-refractivity contribution is 7.08. The van der Waals surface area contributed by atoms with Gasteiger partial charge in [-0.25, -0.2) is 29.4 Å². The molecular formula is C44H66FN5O10S. The first kappa shape index (κ1) is 48.5. The number of aromatic nitrogens is 2. The van der Waals surface area contributed by atoms with E-state index in [4.69, 9.17) is 23.7 Å². The summed E-state index contributed by atoms with van der Waals surface area (Å²) in [6.07, 6.45) is 1.36. The van der Waals surface area contributed by atoms with Gasteiger partial charge in [-0.05, 0) is 78.8 Å². The summed E-state index contributed by atoms with van der Waals surface area (Å²) in [7, 11) is 3.24. The van der Waals surface area contributed by atoms with Crippen molar-refractivity contribution in [3.05, 3.63) is 42.0 Å². The second kappa shape index (κ2) is 19.0. The van der Waals surface area contributed by atoms with Crippen LogP contribution in [0.1, 0.15) is 88.0 Å². The van der Waals surface area contributed by atoms with Crippen LogP contribution < -0.4 is 5.43 Å². The van der Waals surface area contributed by atoms with Gasteiger partial charge in [0.2, 0.25) is 0 Å². The maximum Gasteiger partial charge on any atom is 0.425 e. The summed E-state index contributed by atoms with van der Waals surface area (Å²) in [5.41, 5.74) is -1.32. The smallest absolute Gasteiger partial charge is 0.425 e. The van der Waals surface area contributed by atoms with Crippen LogP contribution in [0.2, 0.25) is 0 Å². The Labute approximate surface area is 363 Å². The number of halogens is 1. The van der Waals surface area contributed by atoms with Crippen molar-refractivity contribution in [1.29, 1.82) is 0 Å². The minimum absolute atomic E-state index is 0.0366. The Morgan fingerprint density at radius 2 is 1.85 bits per heavy atom. The lowest BCUT2D eigenvalue weighted by molar-refractivity contribution is -0.354. The Kier molecular flexibility index (Phi) is 15.1. The number of Topliss-reactive ketones (excluding diaryl/α,β-unsaturated/α-hetero) is 2. The summed E-state index contributed by atoms with van der Waals surface area (Å²) < 4.78 is 50.0. The van der Waals surface area contributed by atoms with Crippen LogP contribution in [0.3, 0.4) is 0 Å². The molecule has 0 bridgehead atoms. The van der Waals surface area contributed by atoms with Crippen LogP contribution >= 0.6 is 11.3 Å². The number of imidazole rings is 1. The van der Waals surface area contributed by atoms with Crippen molar-refractivity contribution in [1.82, 2.24) is 24.9 Å². The second-order valence-electron chi connectivity index (χ2n) is 17.9. The van der Waals surface area contributed by atoms with E-state index >= 15 is 4.39 Å². The molecule has 61 heavy (non-hydrogen) atoms. The number of esters is 1. The summed E-state index contributed by atoms with van der Waals surface area (Å²) in [4.78, 5) is 63.4. The van der Waals surface area contributed by atoms with Gasteiger partial charge < -0.3 is 33.4 Å². The van der Waals surface area contributed by atoms with Crippen molar-refractivity contribution < 1.29 is 52.4 Å². The zero-order valence-electron chi connectivity index (χ0n) is 37.5. The number of rotatable bonds is 13. The predicted molar refractivity (Wildman–Crippen MR) is 227 cm³/mol. The van der Waals surface area contributed by atoms with Gasteiger partial charge in [0.1, 0.15) is 24.0 Å². The molecule has 2 aromatic rings. The van der Waals surface area contributed by atoms with E-state index in [2.05, 4.69) is 17.0 Å². The van der Waals surface area contributed by atoms with Gasteiger partial charge in [0.25, 0.3) is 5.67 Å². The topological polar surface area (TPSA) is 171 Å². The number of aliphatic hydroxyl groups excluding tert-OH is 1. The lowest BCUT2D eigenvalue weighted by Crippen LogP contribution is -2.65. The number of nitrogens with one attached hydrogen (secondary N) is 1. The molecule has 0 radical (unpaired) electrons. The predicted octanol–water partition coefficient (Wildman–Crippen LogP) is 5.75. The molecule has 3 saturated heterocycles. The molecule has 2 aromatic heterocycles. The highest BCUT2D eigenvalue weighted by Gasteiger charge is 2.62. The maximum atomic E-state index is 17.0. The lowest BCUT2D eigenvalue weighted by atomic mass is 9.73. The first-order valence-electron chi connectivity index (χ1n) is 21.3. The van der Waals surface area contributed by atoms with Gasteiger partial charge in [0.05, 0.1) is 29.8 Å². The molecule has 1 amide bonds. The number of ketones is 2. The number of likely N-dealkylation sites (N-methyl/N-ethyl adjacent to an activating group) is 1. The summed E-state index contributed by atoms with van der Waals surface area (Å²) in [5, 5.41) is 17.1. The van der Waals surface area contributed by atoms with Gasteiger partial charge in [0, 0.05) is 67.7 Å². The number of hydrogen-bond acceptors (Lipinski definition) is 14. The largest absolute Gasteiger partial charge is 0.455 e. The zero-order chi connectivity index (χ0) is 45.2. The van der Waals surface area contributed by atoms with E-state index in [1.54, 1.807) is 65.3 Å². The van der Waals surface area contributed by atoms with Crippen LogP contribution in [0, 0.1) is 17.8 Å². The Morgan fingerprint density at radius 1 is 1.15 bits per heavy atom. The van der Waals surface area contributed by atoms with Crippen molar-refractivity contribution in [2.75, 3.05) is 27.2 Å². The first-order chi connectivity index (χ1) is 28.6. The fourth-order valence-electron chi connectivity index (χ4n) is 9.65. The maximum absolute atomic E-state index is 17.0. The molecule has 0 spiro atoms. The Morgan fingerprint density at radius 3 is 2.48 bits per heavy atom. The minimum Gasteiger partial charge on any atom is -0.455 e. The number of carbonyl (C=O) groups excluding carboxylic acids is 4. The van der Waals surface area contributed by atoms with Crippen molar-refractivity contribution >= 4 is 35.0 Å². The van der Waals surface area contributed by atoms with Crippen molar-refractivity contribution in [3.8, 4) is 11.3 Å². The van der Waals surface area contributed by atoms with Crippen LogP contribution in [0.4, 0.5) is 9.18 Å². The number of methoxy groups -OCH3 is 1. The van der Waals surface area contributed by atoms with E-state index in [0.717, 1.165) is 18.2 Å². The van der Waals surface area contributed by atoms with Gasteiger partial charge >= 0.3 is 12.1 Å². The molecule has 3 aliphatic rings. The summed E-state index contributed by atoms with van der Waals surface area (Å²) in [6, 6.07) is 0.514. The molecule has 17 heteroatoms. The van der Waals surface area contributed by atoms with E-state index in [0.29, 0.717) is 32.5 Å². The number of nitrogens with zero attached hydrogens (tertiary/aromatic N) is 4. The number of hydrazine groups is 1. The fraction of sp³-hybridized carbons (Fsp3) is 0.705. The molecule has 0 unspecified atom stereocenters. The molecule has 15 nitrogen and oxygen atoms in total. The number of hydrogen-bond donors (Lipinski definition) is 2. The summed E-state index contributed by atoms with van der Waals surface area (Å²) in [6.45, 7) is 19.1. The number of aliphatic hydroxyl groups is 1. The Bertz CT molecular complexity index is 1880. The van der Waals surface area contributed by atoms with Gasteiger partial charge in [-0.1, -0.05) is 33.8 Å². The Balaban J connectivity index is 1.49. The van der Waals surface area contributed by atoms with Gasteiger partial charge in [-0.3, -0.25) is 14.5 Å². The molecule has 3 aliphatic heterocycles. The van der Waals surface area contributed by atoms with Gasteiger partial charge in [-0.2, -0.15) is 11.3 Å². The number of carbonyl (C=O) groups is 4. The number of fused-ring (bicyclic) bond motifs is 1. The Hall–Kier alpha value is -3.58. The molecule has 5 rings (SSSR count). The van der Waals surface area contributed by atoms with E-state index in [1.807, 2.05) is 46.5 Å².